The van der Waals surface area contributed by atoms with Crippen LogP contribution in [-0.4, -0.2) is 56.0 Å². The molecule has 9 heteroatoms. The first kappa shape index (κ1) is 20.0. The zero-order valence-corrected chi connectivity index (χ0v) is 17.1. The number of ether oxygens (including phenoxy) is 1. The Labute approximate surface area is 174 Å². The number of aryl methyl sites for hydroxylation is 1. The average molecular weight is 462 g/mol. The Bertz CT molecular complexity index is 1100. The van der Waals surface area contributed by atoms with Crippen molar-refractivity contribution < 1.29 is 20.1 Å². The van der Waals surface area contributed by atoms with Gasteiger partial charge in [-0.3, -0.25) is 9.36 Å². The van der Waals surface area contributed by atoms with E-state index in [1.54, 1.807) is 43.3 Å². The van der Waals surface area contributed by atoms with Crippen LogP contribution in [0, 0.1) is 6.92 Å². The predicted molar refractivity (Wildman–Crippen MR) is 111 cm³/mol. The highest BCUT2D eigenvalue weighted by Gasteiger charge is 2.37. The molecule has 4 atom stereocenters. The second-order valence-corrected chi connectivity index (χ2v) is 7.87. The summed E-state index contributed by atoms with van der Waals surface area (Å²) in [7, 11) is 0. The van der Waals surface area contributed by atoms with Gasteiger partial charge >= 0.3 is 0 Å². The van der Waals surface area contributed by atoms with Crippen LogP contribution in [0.2, 0.25) is 0 Å². The summed E-state index contributed by atoms with van der Waals surface area (Å²) in [6.07, 6.45) is -4.54. The molecule has 0 aliphatic carbocycles. The summed E-state index contributed by atoms with van der Waals surface area (Å²) < 4.78 is 7.68. The van der Waals surface area contributed by atoms with Gasteiger partial charge in [-0.2, -0.15) is 0 Å². The smallest absolute Gasteiger partial charge is 0.265 e. The third-order valence-electron chi connectivity index (χ3n) is 4.93. The highest BCUT2D eigenvalue weighted by atomic mass is 79.9. The summed E-state index contributed by atoms with van der Waals surface area (Å²) >= 11 is 3.39. The summed E-state index contributed by atoms with van der Waals surface area (Å²) in [5.41, 5.74) is 1.74. The van der Waals surface area contributed by atoms with E-state index >= 15 is 0 Å². The molecule has 0 amide bonds. The molecule has 1 aliphatic rings. The van der Waals surface area contributed by atoms with Gasteiger partial charge < -0.3 is 25.4 Å². The van der Waals surface area contributed by atoms with Crippen LogP contribution in [0.5, 0.6) is 0 Å². The fraction of sp³-hybridized carbons (Fsp3) is 0.300. The fourth-order valence-corrected chi connectivity index (χ4v) is 3.74. The van der Waals surface area contributed by atoms with E-state index in [2.05, 4.69) is 26.2 Å². The van der Waals surface area contributed by atoms with Crippen LogP contribution in [0.15, 0.2) is 51.7 Å². The van der Waals surface area contributed by atoms with Crippen molar-refractivity contribution in [1.82, 2.24) is 9.55 Å². The van der Waals surface area contributed by atoms with Crippen molar-refractivity contribution in [1.29, 1.82) is 0 Å². The minimum atomic E-state index is -1.29. The second-order valence-electron chi connectivity index (χ2n) is 6.95. The molecule has 0 unspecified atom stereocenters. The van der Waals surface area contributed by atoms with Crippen LogP contribution in [0.1, 0.15) is 5.82 Å². The van der Waals surface area contributed by atoms with Gasteiger partial charge in [0.15, 0.2) is 6.23 Å². The molecule has 1 saturated heterocycles. The van der Waals surface area contributed by atoms with Gasteiger partial charge in [-0.15, -0.1) is 0 Å². The van der Waals surface area contributed by atoms with E-state index in [1.165, 1.54) is 4.57 Å². The van der Waals surface area contributed by atoms with Crippen LogP contribution in [0.25, 0.3) is 16.6 Å². The van der Waals surface area contributed by atoms with Gasteiger partial charge in [0.2, 0.25) is 0 Å². The molecule has 1 aromatic heterocycles. The molecule has 2 heterocycles. The molecule has 0 spiro atoms. The minimum Gasteiger partial charge on any atom is -0.388 e. The van der Waals surface area contributed by atoms with E-state index in [0.29, 0.717) is 28.1 Å². The van der Waals surface area contributed by atoms with E-state index in [-0.39, 0.29) is 12.2 Å². The van der Waals surface area contributed by atoms with Gasteiger partial charge in [-0.05, 0) is 49.4 Å². The van der Waals surface area contributed by atoms with Gasteiger partial charge in [-0.25, -0.2) is 4.98 Å². The van der Waals surface area contributed by atoms with Crippen molar-refractivity contribution in [3.63, 3.8) is 0 Å². The van der Waals surface area contributed by atoms with Crippen molar-refractivity contribution in [2.24, 2.45) is 0 Å². The van der Waals surface area contributed by atoms with E-state index in [1.807, 2.05) is 6.07 Å². The molecule has 8 nitrogen and oxygen atoms in total. The highest BCUT2D eigenvalue weighted by molar-refractivity contribution is 9.10. The Kier molecular flexibility index (Phi) is 5.41. The maximum atomic E-state index is 13.0. The third-order valence-corrected chi connectivity index (χ3v) is 5.43. The quantitative estimate of drug-likeness (QED) is 0.464. The number of aliphatic hydroxyl groups excluding tert-OH is 3. The van der Waals surface area contributed by atoms with Crippen molar-refractivity contribution in [2.45, 2.75) is 31.5 Å². The molecule has 1 fully saturated rings. The lowest BCUT2D eigenvalue weighted by Crippen LogP contribution is -2.55. The van der Waals surface area contributed by atoms with Crippen LogP contribution < -0.4 is 10.9 Å². The van der Waals surface area contributed by atoms with Gasteiger partial charge in [0.1, 0.15) is 24.1 Å². The SMILES string of the molecule is Cc1nc2ccc(Br)cc2c(=O)n1-c1ccc(N[C@H]2OC[C@@H](O)[C@@H](O)[C@H]2O)cc1. The Balaban J connectivity index is 1.62. The van der Waals surface area contributed by atoms with Crippen molar-refractivity contribution in [2.75, 3.05) is 11.9 Å². The fourth-order valence-electron chi connectivity index (χ4n) is 3.38. The zero-order chi connectivity index (χ0) is 20.7. The number of hydrogen-bond donors (Lipinski definition) is 4. The Hall–Kier alpha value is -2.30. The van der Waals surface area contributed by atoms with E-state index in [4.69, 9.17) is 4.74 Å². The number of aliphatic hydroxyl groups is 3. The molecule has 2 aromatic carbocycles. The number of halogens is 1. The molecule has 0 bridgehead atoms. The second kappa shape index (κ2) is 7.85. The lowest BCUT2D eigenvalue weighted by molar-refractivity contribution is -0.178. The number of fused-ring (bicyclic) bond motifs is 1. The van der Waals surface area contributed by atoms with Crippen molar-refractivity contribution >= 4 is 32.5 Å². The number of rotatable bonds is 3. The Morgan fingerprint density at radius 3 is 2.59 bits per heavy atom. The third kappa shape index (κ3) is 3.79. The van der Waals surface area contributed by atoms with E-state index < -0.39 is 24.5 Å². The molecule has 1 aliphatic heterocycles. The molecule has 0 radical (unpaired) electrons. The largest absolute Gasteiger partial charge is 0.388 e. The first-order chi connectivity index (χ1) is 13.8. The normalized spacial score (nSPS) is 24.6. The highest BCUT2D eigenvalue weighted by Crippen LogP contribution is 2.21. The zero-order valence-electron chi connectivity index (χ0n) is 15.5. The number of nitrogens with zero attached hydrogens (tertiary/aromatic N) is 2. The van der Waals surface area contributed by atoms with Crippen LogP contribution in [-0.2, 0) is 4.74 Å². The average Bonchev–Trinajstić information content (AvgIpc) is 2.70. The van der Waals surface area contributed by atoms with Gasteiger partial charge in [0, 0.05) is 10.2 Å². The van der Waals surface area contributed by atoms with Crippen LogP contribution in [0.3, 0.4) is 0 Å². The topological polar surface area (TPSA) is 117 Å². The number of benzene rings is 2. The van der Waals surface area contributed by atoms with Gasteiger partial charge in [0.25, 0.3) is 5.56 Å². The predicted octanol–water partition coefficient (Wildman–Crippen LogP) is 1.31. The maximum Gasteiger partial charge on any atom is 0.265 e. The first-order valence-corrected chi connectivity index (χ1v) is 9.86. The summed E-state index contributed by atoms with van der Waals surface area (Å²) in [5.74, 6) is 0.564. The van der Waals surface area contributed by atoms with E-state index in [9.17, 15) is 20.1 Å². The molecule has 3 aromatic rings. The number of nitrogens with one attached hydrogen (secondary N) is 1. The summed E-state index contributed by atoms with van der Waals surface area (Å²) in [6, 6.07) is 12.4. The van der Waals surface area contributed by atoms with Gasteiger partial charge in [-0.1, -0.05) is 15.9 Å². The number of hydrogen-bond acceptors (Lipinski definition) is 7. The molecular formula is C20H20BrN3O5. The van der Waals surface area contributed by atoms with Gasteiger partial charge in [0.05, 0.1) is 23.2 Å². The lowest BCUT2D eigenvalue weighted by Gasteiger charge is -2.35. The summed E-state index contributed by atoms with van der Waals surface area (Å²) in [4.78, 5) is 17.5. The maximum absolute atomic E-state index is 13.0. The molecule has 152 valence electrons. The number of anilines is 1. The van der Waals surface area contributed by atoms with Crippen LogP contribution in [0.4, 0.5) is 5.69 Å². The molecule has 0 saturated carbocycles. The van der Waals surface area contributed by atoms with Crippen LogP contribution >= 0.6 is 15.9 Å². The lowest BCUT2D eigenvalue weighted by atomic mass is 10.0. The molecular weight excluding hydrogens is 442 g/mol. The Morgan fingerprint density at radius 1 is 1.14 bits per heavy atom. The molecule has 4 rings (SSSR count). The van der Waals surface area contributed by atoms with Crippen molar-refractivity contribution in [3.05, 3.63) is 63.1 Å². The van der Waals surface area contributed by atoms with E-state index in [0.717, 1.165) is 4.47 Å². The monoisotopic (exact) mass is 461 g/mol. The minimum absolute atomic E-state index is 0.0825. The first-order valence-electron chi connectivity index (χ1n) is 9.07. The summed E-state index contributed by atoms with van der Waals surface area (Å²) in [5, 5.41) is 32.8. The van der Waals surface area contributed by atoms with Crippen molar-refractivity contribution in [3.8, 4) is 5.69 Å². The molecule has 29 heavy (non-hydrogen) atoms. The summed E-state index contributed by atoms with van der Waals surface area (Å²) in [6.45, 7) is 1.69. The standard InChI is InChI=1S/C20H20BrN3O5/c1-10-22-15-7-2-11(21)8-14(15)20(28)24(10)13-5-3-12(4-6-13)23-19-18(27)17(26)16(25)9-29-19/h2-8,16-19,23,25-27H,9H2,1H3/t16-,17-,18-,19+/m1/s1. The number of aromatic nitrogens is 2. The molecule has 4 N–H and O–H groups in total. The Morgan fingerprint density at radius 2 is 1.86 bits per heavy atom.